The summed E-state index contributed by atoms with van der Waals surface area (Å²) in [6, 6.07) is 8.19. The average molecular weight is 430 g/mol. The highest BCUT2D eigenvalue weighted by atomic mass is 32.2. The number of thiophene rings is 1. The smallest absolute Gasteiger partial charge is 0.191 e. The topological polar surface area (TPSA) is 56.1 Å². The SMILES string of the molecule is Cc1ccsc1CN(C)Cc1nnc(SCc2ccccn2)n1C[C@@H]1CCCO1. The molecule has 3 aromatic heterocycles. The van der Waals surface area contributed by atoms with Crippen LogP contribution in [0.5, 0.6) is 0 Å². The van der Waals surface area contributed by atoms with Crippen molar-refractivity contribution >= 4 is 23.1 Å². The van der Waals surface area contributed by atoms with Gasteiger partial charge in [-0.05, 0) is 56.0 Å². The standard InChI is InChI=1S/C21H27N5OS2/c1-16-8-11-28-19(16)13-25(2)14-20-23-24-21(26(20)12-18-7-5-10-27-18)29-15-17-6-3-4-9-22-17/h3-4,6,8-9,11,18H,5,7,10,12-15H2,1-2H3/t18-/m0/s1. The van der Waals surface area contributed by atoms with Crippen molar-refractivity contribution in [2.24, 2.45) is 0 Å². The summed E-state index contributed by atoms with van der Waals surface area (Å²) in [6.07, 6.45) is 4.33. The predicted octanol–water partition coefficient (Wildman–Crippen LogP) is 4.15. The quantitative estimate of drug-likeness (QED) is 0.477. The molecule has 4 heterocycles. The molecule has 0 N–H and O–H groups in total. The molecular formula is C21H27N5OS2. The van der Waals surface area contributed by atoms with Gasteiger partial charge >= 0.3 is 0 Å². The van der Waals surface area contributed by atoms with Crippen LogP contribution >= 0.6 is 23.1 Å². The number of rotatable bonds is 9. The summed E-state index contributed by atoms with van der Waals surface area (Å²) in [5.74, 6) is 1.79. The molecule has 29 heavy (non-hydrogen) atoms. The van der Waals surface area contributed by atoms with Crippen LogP contribution in [0.2, 0.25) is 0 Å². The van der Waals surface area contributed by atoms with Crippen LogP contribution in [-0.2, 0) is 30.1 Å². The van der Waals surface area contributed by atoms with E-state index in [1.54, 1.807) is 11.8 Å². The van der Waals surface area contributed by atoms with E-state index >= 15 is 0 Å². The fourth-order valence-corrected chi connectivity index (χ4v) is 5.32. The van der Waals surface area contributed by atoms with Gasteiger partial charge in [-0.25, -0.2) is 0 Å². The Morgan fingerprint density at radius 3 is 2.93 bits per heavy atom. The van der Waals surface area contributed by atoms with Crippen LogP contribution in [0.3, 0.4) is 0 Å². The van der Waals surface area contributed by atoms with Gasteiger partial charge in [-0.2, -0.15) is 0 Å². The van der Waals surface area contributed by atoms with E-state index in [0.717, 1.165) is 61.5 Å². The number of ether oxygens (including phenoxy) is 1. The van der Waals surface area contributed by atoms with E-state index in [2.05, 4.69) is 50.1 Å². The molecule has 0 aliphatic carbocycles. The van der Waals surface area contributed by atoms with E-state index in [1.807, 2.05) is 35.7 Å². The molecule has 1 saturated heterocycles. The van der Waals surface area contributed by atoms with Crippen LogP contribution in [0, 0.1) is 6.92 Å². The lowest BCUT2D eigenvalue weighted by Gasteiger charge is -2.19. The molecular weight excluding hydrogens is 402 g/mol. The second kappa shape index (κ2) is 9.84. The van der Waals surface area contributed by atoms with Crippen molar-refractivity contribution in [1.82, 2.24) is 24.6 Å². The number of aromatic nitrogens is 4. The maximum absolute atomic E-state index is 5.90. The average Bonchev–Trinajstić information content (AvgIpc) is 3.46. The van der Waals surface area contributed by atoms with Crippen molar-refractivity contribution in [3.05, 3.63) is 57.8 Å². The third-order valence-electron chi connectivity index (χ3n) is 5.07. The highest BCUT2D eigenvalue weighted by Gasteiger charge is 2.22. The van der Waals surface area contributed by atoms with E-state index in [9.17, 15) is 0 Å². The Morgan fingerprint density at radius 1 is 1.28 bits per heavy atom. The van der Waals surface area contributed by atoms with E-state index in [4.69, 9.17) is 4.74 Å². The van der Waals surface area contributed by atoms with Gasteiger partial charge in [0.05, 0.1) is 24.9 Å². The first-order valence-corrected chi connectivity index (χ1v) is 11.8. The molecule has 0 unspecified atom stereocenters. The summed E-state index contributed by atoms with van der Waals surface area (Å²) < 4.78 is 8.15. The third kappa shape index (κ3) is 5.45. The molecule has 6 nitrogen and oxygen atoms in total. The van der Waals surface area contributed by atoms with Gasteiger partial charge in [0.15, 0.2) is 5.16 Å². The van der Waals surface area contributed by atoms with Crippen molar-refractivity contribution in [3.63, 3.8) is 0 Å². The number of aryl methyl sites for hydroxylation is 1. The van der Waals surface area contributed by atoms with Gasteiger partial charge in [0, 0.05) is 30.0 Å². The largest absolute Gasteiger partial charge is 0.376 e. The van der Waals surface area contributed by atoms with E-state index in [1.165, 1.54) is 10.4 Å². The van der Waals surface area contributed by atoms with Crippen LogP contribution in [0.15, 0.2) is 41.0 Å². The number of hydrogen-bond donors (Lipinski definition) is 0. The van der Waals surface area contributed by atoms with Gasteiger partial charge in [0.1, 0.15) is 5.82 Å². The summed E-state index contributed by atoms with van der Waals surface area (Å²) in [6.45, 7) is 5.54. The second-order valence-corrected chi connectivity index (χ2v) is 9.40. The first-order chi connectivity index (χ1) is 14.2. The maximum atomic E-state index is 5.90. The van der Waals surface area contributed by atoms with Gasteiger partial charge in [-0.1, -0.05) is 17.8 Å². The molecule has 1 atom stereocenters. The minimum absolute atomic E-state index is 0.254. The first kappa shape index (κ1) is 20.5. The zero-order valence-electron chi connectivity index (χ0n) is 17.0. The zero-order valence-corrected chi connectivity index (χ0v) is 18.6. The van der Waals surface area contributed by atoms with E-state index < -0.39 is 0 Å². The first-order valence-electron chi connectivity index (χ1n) is 9.97. The van der Waals surface area contributed by atoms with Gasteiger partial charge < -0.3 is 9.30 Å². The lowest BCUT2D eigenvalue weighted by atomic mass is 10.2. The normalized spacial score (nSPS) is 16.7. The van der Waals surface area contributed by atoms with Gasteiger partial charge in [-0.3, -0.25) is 9.88 Å². The van der Waals surface area contributed by atoms with Crippen molar-refractivity contribution < 1.29 is 4.74 Å². The Kier molecular flexibility index (Phi) is 6.97. The highest BCUT2D eigenvalue weighted by Crippen LogP contribution is 2.25. The molecule has 8 heteroatoms. The zero-order chi connectivity index (χ0) is 20.1. The molecule has 1 fully saturated rings. The molecule has 4 rings (SSSR count). The molecule has 1 aliphatic heterocycles. The van der Waals surface area contributed by atoms with Crippen molar-refractivity contribution in [1.29, 1.82) is 0 Å². The van der Waals surface area contributed by atoms with E-state index in [-0.39, 0.29) is 6.10 Å². The highest BCUT2D eigenvalue weighted by molar-refractivity contribution is 7.98. The second-order valence-electron chi connectivity index (χ2n) is 7.45. The predicted molar refractivity (Wildman–Crippen MR) is 117 cm³/mol. The van der Waals surface area contributed by atoms with Gasteiger partial charge in [0.2, 0.25) is 0 Å². The molecule has 3 aromatic rings. The monoisotopic (exact) mass is 429 g/mol. The summed E-state index contributed by atoms with van der Waals surface area (Å²) >= 11 is 3.51. The van der Waals surface area contributed by atoms with Gasteiger partial charge in [-0.15, -0.1) is 21.5 Å². The minimum Gasteiger partial charge on any atom is -0.376 e. The van der Waals surface area contributed by atoms with Crippen molar-refractivity contribution in [2.75, 3.05) is 13.7 Å². The van der Waals surface area contributed by atoms with Crippen LogP contribution in [-0.4, -0.2) is 44.4 Å². The van der Waals surface area contributed by atoms with Crippen LogP contribution in [0.25, 0.3) is 0 Å². The molecule has 1 aliphatic rings. The van der Waals surface area contributed by atoms with Crippen LogP contribution in [0.4, 0.5) is 0 Å². The maximum Gasteiger partial charge on any atom is 0.191 e. The Hall–Kier alpha value is -1.74. The van der Waals surface area contributed by atoms with Gasteiger partial charge in [0.25, 0.3) is 0 Å². The number of hydrogen-bond acceptors (Lipinski definition) is 7. The Bertz CT molecular complexity index is 905. The lowest BCUT2D eigenvalue weighted by molar-refractivity contribution is 0.0934. The molecule has 0 amide bonds. The third-order valence-corrected chi connectivity index (χ3v) is 7.08. The number of nitrogens with zero attached hydrogens (tertiary/aromatic N) is 5. The molecule has 0 radical (unpaired) electrons. The van der Waals surface area contributed by atoms with Crippen LogP contribution in [0.1, 0.15) is 34.8 Å². The van der Waals surface area contributed by atoms with E-state index in [0.29, 0.717) is 0 Å². The molecule has 154 valence electrons. The van der Waals surface area contributed by atoms with Crippen molar-refractivity contribution in [2.45, 2.75) is 56.4 Å². The summed E-state index contributed by atoms with van der Waals surface area (Å²) in [7, 11) is 2.14. The summed E-state index contributed by atoms with van der Waals surface area (Å²) in [5, 5.41) is 12.2. The fraction of sp³-hybridized carbons (Fsp3) is 0.476. The lowest BCUT2D eigenvalue weighted by Crippen LogP contribution is -2.23. The number of thioether (sulfide) groups is 1. The molecule has 0 spiro atoms. The summed E-state index contributed by atoms with van der Waals surface area (Å²) in [4.78, 5) is 8.13. The van der Waals surface area contributed by atoms with Crippen molar-refractivity contribution in [3.8, 4) is 0 Å². The Balaban J connectivity index is 1.47. The Labute approximate surface area is 180 Å². The molecule has 0 bridgehead atoms. The molecule has 0 saturated carbocycles. The fourth-order valence-electron chi connectivity index (χ4n) is 3.45. The van der Waals surface area contributed by atoms with Crippen LogP contribution < -0.4 is 0 Å². The molecule has 0 aromatic carbocycles. The number of pyridine rings is 1. The minimum atomic E-state index is 0.254. The Morgan fingerprint density at radius 2 is 2.21 bits per heavy atom. The summed E-state index contributed by atoms with van der Waals surface area (Å²) in [5.41, 5.74) is 2.41.